The number of benzene rings is 1. The van der Waals surface area contributed by atoms with Crippen molar-refractivity contribution in [2.45, 2.75) is 49.2 Å². The number of aromatic nitrogens is 5. The van der Waals surface area contributed by atoms with Crippen LogP contribution in [0.15, 0.2) is 42.6 Å². The number of alkyl halides is 1. The summed E-state index contributed by atoms with van der Waals surface area (Å²) in [5.74, 6) is 0.322. The second kappa shape index (κ2) is 8.59. The molecule has 8 nitrogen and oxygen atoms in total. The van der Waals surface area contributed by atoms with Crippen LogP contribution in [0, 0.1) is 5.82 Å². The van der Waals surface area contributed by atoms with Crippen LogP contribution in [-0.4, -0.2) is 39.4 Å². The van der Waals surface area contributed by atoms with Gasteiger partial charge in [0.2, 0.25) is 5.91 Å². The summed E-state index contributed by atoms with van der Waals surface area (Å²) in [6, 6.07) is 10.2. The second-order valence-electron chi connectivity index (χ2n) is 9.41. The molecule has 2 N–H and O–H groups in total. The summed E-state index contributed by atoms with van der Waals surface area (Å²) < 4.78 is 15.1. The van der Waals surface area contributed by atoms with Gasteiger partial charge in [0.15, 0.2) is 11.5 Å². The van der Waals surface area contributed by atoms with Gasteiger partial charge < -0.3 is 10.4 Å². The Balaban J connectivity index is 1.66. The maximum atomic E-state index is 14.4. The van der Waals surface area contributed by atoms with E-state index in [0.717, 1.165) is 10.9 Å². The van der Waals surface area contributed by atoms with Gasteiger partial charge in [0.05, 0.1) is 23.0 Å². The molecular weight excluding hydrogens is 562 g/mol. The highest BCUT2D eigenvalue weighted by molar-refractivity contribution is 14.1. The zero-order valence-electron chi connectivity index (χ0n) is 19.5. The lowest BCUT2D eigenvalue weighted by molar-refractivity contribution is -0.119. The van der Waals surface area contributed by atoms with E-state index >= 15 is 0 Å². The van der Waals surface area contributed by atoms with Crippen LogP contribution in [0.3, 0.4) is 0 Å². The SMILES string of the molecule is CC(O)(I)CCc1nc(-c2nn(Cc3ccccc3F)c3ncccc23)nc2c1C(C)(C)C(=O)N2. The third-order valence-electron chi connectivity index (χ3n) is 6.22. The Morgan fingerprint density at radius 3 is 2.71 bits per heavy atom. The lowest BCUT2D eigenvalue weighted by atomic mass is 9.84. The van der Waals surface area contributed by atoms with Gasteiger partial charge in [-0.15, -0.1) is 0 Å². The third-order valence-corrected chi connectivity index (χ3v) is 6.76. The van der Waals surface area contributed by atoms with Crippen molar-refractivity contribution in [1.82, 2.24) is 24.7 Å². The standard InChI is InChI=1S/C25H24FIN6O2/c1-24(2)18-17(10-11-25(3,27)35)29-21(30-20(18)31-23(24)34)19-15-8-6-12-28-22(15)33(32-19)13-14-7-4-5-9-16(14)26/h4-9,12,35H,10-11,13H2,1-3H3,(H,29,30,31,34). The van der Waals surface area contributed by atoms with Crippen molar-refractivity contribution in [2.75, 3.05) is 5.32 Å². The van der Waals surface area contributed by atoms with Gasteiger partial charge in [0.25, 0.3) is 0 Å². The summed E-state index contributed by atoms with van der Waals surface area (Å²) >= 11 is 1.99. The predicted molar refractivity (Wildman–Crippen MR) is 139 cm³/mol. The van der Waals surface area contributed by atoms with E-state index in [0.29, 0.717) is 47.1 Å². The van der Waals surface area contributed by atoms with E-state index in [1.807, 2.05) is 42.5 Å². The number of nitrogens with zero attached hydrogens (tertiary/aromatic N) is 5. The molecule has 0 radical (unpaired) electrons. The molecule has 180 valence electrons. The van der Waals surface area contributed by atoms with Crippen molar-refractivity contribution in [3.05, 3.63) is 65.2 Å². The zero-order valence-corrected chi connectivity index (χ0v) is 21.7. The number of fused-ring (bicyclic) bond motifs is 2. The maximum absolute atomic E-state index is 14.4. The third kappa shape index (κ3) is 4.40. The van der Waals surface area contributed by atoms with E-state index in [4.69, 9.17) is 10.1 Å². The van der Waals surface area contributed by atoms with Gasteiger partial charge >= 0.3 is 0 Å². The molecule has 0 bridgehead atoms. The minimum atomic E-state index is -0.923. The summed E-state index contributed by atoms with van der Waals surface area (Å²) in [4.78, 5) is 26.7. The van der Waals surface area contributed by atoms with Crippen molar-refractivity contribution < 1.29 is 14.3 Å². The molecular formula is C25H24FIN6O2. The number of hydrogen-bond donors (Lipinski definition) is 2. The molecule has 0 saturated carbocycles. The average Bonchev–Trinajstić information content (AvgIpc) is 3.27. The molecule has 3 aromatic heterocycles. The molecule has 1 unspecified atom stereocenters. The monoisotopic (exact) mass is 586 g/mol. The summed E-state index contributed by atoms with van der Waals surface area (Å²) in [5, 5.41) is 18.6. The van der Waals surface area contributed by atoms with Crippen LogP contribution in [0.1, 0.15) is 44.0 Å². The first-order chi connectivity index (χ1) is 16.5. The van der Waals surface area contributed by atoms with Gasteiger partial charge in [0.1, 0.15) is 20.9 Å². The van der Waals surface area contributed by atoms with Gasteiger partial charge in [-0.3, -0.25) is 4.79 Å². The molecule has 1 atom stereocenters. The molecule has 1 amide bonds. The van der Waals surface area contributed by atoms with Crippen molar-refractivity contribution in [1.29, 1.82) is 0 Å². The van der Waals surface area contributed by atoms with Crippen LogP contribution in [0.4, 0.5) is 10.2 Å². The number of carbonyl (C=O) groups is 1. The first-order valence-corrected chi connectivity index (χ1v) is 12.3. The molecule has 0 saturated heterocycles. The summed E-state index contributed by atoms with van der Waals surface area (Å²) in [6.07, 6.45) is 2.56. The smallest absolute Gasteiger partial charge is 0.235 e. The molecule has 5 rings (SSSR count). The predicted octanol–water partition coefficient (Wildman–Crippen LogP) is 4.38. The Morgan fingerprint density at radius 2 is 1.97 bits per heavy atom. The lowest BCUT2D eigenvalue weighted by Crippen LogP contribution is -2.28. The van der Waals surface area contributed by atoms with Gasteiger partial charge in [-0.1, -0.05) is 18.2 Å². The van der Waals surface area contributed by atoms with Gasteiger partial charge in [-0.05, 0) is 74.4 Å². The van der Waals surface area contributed by atoms with Crippen molar-refractivity contribution in [2.24, 2.45) is 0 Å². The van der Waals surface area contributed by atoms with Gasteiger partial charge in [-0.2, -0.15) is 5.10 Å². The molecule has 1 aliphatic heterocycles. The van der Waals surface area contributed by atoms with E-state index in [9.17, 15) is 14.3 Å². The topological polar surface area (TPSA) is 106 Å². The molecule has 1 aliphatic rings. The van der Waals surface area contributed by atoms with Gasteiger partial charge in [-0.25, -0.2) is 24.0 Å². The van der Waals surface area contributed by atoms with Crippen LogP contribution in [0.2, 0.25) is 0 Å². The van der Waals surface area contributed by atoms with Crippen LogP contribution in [-0.2, 0) is 23.2 Å². The average molecular weight is 586 g/mol. The molecule has 0 fully saturated rings. The quantitative estimate of drug-likeness (QED) is 0.257. The van der Waals surface area contributed by atoms with E-state index < -0.39 is 9.02 Å². The van der Waals surface area contributed by atoms with Crippen molar-refractivity contribution >= 4 is 45.3 Å². The summed E-state index contributed by atoms with van der Waals surface area (Å²) in [7, 11) is 0. The van der Waals surface area contributed by atoms with E-state index in [1.165, 1.54) is 6.07 Å². The summed E-state index contributed by atoms with van der Waals surface area (Å²) in [6.45, 7) is 5.60. The zero-order chi connectivity index (χ0) is 25.0. The number of aliphatic hydroxyl groups is 1. The van der Waals surface area contributed by atoms with Crippen LogP contribution in [0.5, 0.6) is 0 Å². The number of pyridine rings is 1. The number of rotatable bonds is 6. The van der Waals surface area contributed by atoms with Crippen LogP contribution < -0.4 is 5.32 Å². The molecule has 4 aromatic rings. The fourth-order valence-corrected chi connectivity index (χ4v) is 4.61. The summed E-state index contributed by atoms with van der Waals surface area (Å²) in [5.41, 5.74) is 2.19. The molecule has 0 spiro atoms. The number of nitrogens with one attached hydrogen (secondary N) is 1. The number of amides is 1. The molecule has 4 heterocycles. The van der Waals surface area contributed by atoms with Crippen LogP contribution >= 0.6 is 22.6 Å². The fourth-order valence-electron chi connectivity index (χ4n) is 4.34. The highest BCUT2D eigenvalue weighted by Crippen LogP contribution is 2.40. The minimum absolute atomic E-state index is 0.155. The largest absolute Gasteiger partial charge is 0.380 e. The van der Waals surface area contributed by atoms with E-state index in [1.54, 1.807) is 42.1 Å². The molecule has 1 aromatic carbocycles. The highest BCUT2D eigenvalue weighted by atomic mass is 127. The van der Waals surface area contributed by atoms with Gasteiger partial charge in [0, 0.05) is 17.3 Å². The van der Waals surface area contributed by atoms with Crippen LogP contribution in [0.25, 0.3) is 22.6 Å². The Hall–Kier alpha value is -2.99. The normalized spacial score (nSPS) is 16.2. The highest BCUT2D eigenvalue weighted by Gasteiger charge is 2.42. The minimum Gasteiger partial charge on any atom is -0.380 e. The Morgan fingerprint density at radius 1 is 1.20 bits per heavy atom. The number of hydrogen-bond acceptors (Lipinski definition) is 6. The maximum Gasteiger partial charge on any atom is 0.235 e. The lowest BCUT2D eigenvalue weighted by Gasteiger charge is -2.20. The number of halogens is 2. The van der Waals surface area contributed by atoms with E-state index in [-0.39, 0.29) is 18.3 Å². The Labute approximate surface area is 215 Å². The fraction of sp³-hybridized carbons (Fsp3) is 0.320. The molecule has 10 heteroatoms. The molecule has 0 aliphatic carbocycles. The first-order valence-electron chi connectivity index (χ1n) is 11.2. The van der Waals surface area contributed by atoms with E-state index in [2.05, 4.69) is 15.3 Å². The first kappa shape index (κ1) is 23.7. The number of anilines is 1. The molecule has 35 heavy (non-hydrogen) atoms. The van der Waals surface area contributed by atoms with Crippen molar-refractivity contribution in [3.8, 4) is 11.5 Å². The number of aryl methyl sites for hydroxylation is 1. The Bertz CT molecular complexity index is 1460. The Kier molecular flexibility index (Phi) is 5.83. The second-order valence-corrected chi connectivity index (χ2v) is 11.7. The van der Waals surface area contributed by atoms with Crippen molar-refractivity contribution in [3.63, 3.8) is 0 Å². The number of carbonyl (C=O) groups excluding carboxylic acids is 1.